The average molecular weight is 436 g/mol. The lowest BCUT2D eigenvalue weighted by Gasteiger charge is -2.46. The molecule has 1 aromatic heterocycles. The number of allylic oxidation sites excluding steroid dienone is 1. The van der Waals surface area contributed by atoms with E-state index in [0.717, 1.165) is 16.5 Å². The van der Waals surface area contributed by atoms with Gasteiger partial charge < -0.3 is 4.74 Å². The van der Waals surface area contributed by atoms with Crippen molar-refractivity contribution in [2.24, 2.45) is 5.92 Å². The summed E-state index contributed by atoms with van der Waals surface area (Å²) in [6.45, 7) is 6.26. The Morgan fingerprint density at radius 2 is 1.81 bits per heavy atom. The molecule has 2 aliphatic rings. The summed E-state index contributed by atoms with van der Waals surface area (Å²) in [5, 5.41) is 0.870. The number of rotatable bonds is 3. The van der Waals surface area contributed by atoms with Crippen molar-refractivity contribution in [1.29, 1.82) is 0 Å². The van der Waals surface area contributed by atoms with E-state index in [2.05, 4.69) is 13.8 Å². The molecule has 160 valence electrons. The Morgan fingerprint density at radius 1 is 1.10 bits per heavy atom. The number of nitrogens with zero attached hydrogens (tertiary/aromatic N) is 1. The molecule has 2 aromatic carbocycles. The summed E-state index contributed by atoms with van der Waals surface area (Å²) in [4.78, 5) is 12.7. The van der Waals surface area contributed by atoms with Crippen LogP contribution in [0.3, 0.4) is 0 Å². The van der Waals surface area contributed by atoms with Crippen LogP contribution < -0.4 is 0 Å². The molecular formula is C25H25NO4S. The van der Waals surface area contributed by atoms with Crippen LogP contribution in [-0.2, 0) is 26.2 Å². The molecule has 1 aliphatic heterocycles. The quantitative estimate of drug-likeness (QED) is 0.597. The summed E-state index contributed by atoms with van der Waals surface area (Å²) in [6.07, 6.45) is 3.81. The van der Waals surface area contributed by atoms with E-state index in [4.69, 9.17) is 4.74 Å². The second-order valence-corrected chi connectivity index (χ2v) is 10.6. The molecule has 0 fully saturated rings. The molecule has 0 bridgehead atoms. The van der Waals surface area contributed by atoms with Crippen molar-refractivity contribution < 1.29 is 17.9 Å². The minimum absolute atomic E-state index is 0.0379. The lowest BCUT2D eigenvalue weighted by Crippen LogP contribution is -2.48. The third-order valence-corrected chi connectivity index (χ3v) is 8.48. The number of ether oxygens (including phenoxy) is 1. The molecular weight excluding hydrogens is 410 g/mol. The molecule has 1 aliphatic carbocycles. The maximum absolute atomic E-state index is 13.8. The minimum Gasteiger partial charge on any atom is -0.364 e. The molecule has 6 heteroatoms. The fourth-order valence-corrected chi connectivity index (χ4v) is 6.65. The zero-order valence-corrected chi connectivity index (χ0v) is 18.6. The van der Waals surface area contributed by atoms with E-state index in [0.29, 0.717) is 17.6 Å². The molecule has 0 radical (unpaired) electrons. The number of hydrogen-bond acceptors (Lipinski definition) is 4. The third kappa shape index (κ3) is 2.85. The highest BCUT2D eigenvalue weighted by atomic mass is 32.2. The van der Waals surface area contributed by atoms with Crippen LogP contribution >= 0.6 is 0 Å². The second kappa shape index (κ2) is 6.90. The summed E-state index contributed by atoms with van der Waals surface area (Å²) in [5.74, 6) is -0.0603. The highest BCUT2D eigenvalue weighted by Gasteiger charge is 2.50. The largest absolute Gasteiger partial charge is 0.364 e. The topological polar surface area (TPSA) is 65.4 Å². The van der Waals surface area contributed by atoms with E-state index in [-0.39, 0.29) is 29.1 Å². The molecule has 2 atom stereocenters. The summed E-state index contributed by atoms with van der Waals surface area (Å²) in [6, 6.07) is 14.4. The van der Waals surface area contributed by atoms with E-state index in [1.54, 1.807) is 30.3 Å². The Balaban J connectivity index is 1.81. The Bertz CT molecular complexity index is 1330. The average Bonchev–Trinajstić information content (AvgIpc) is 3.09. The Labute approximate surface area is 182 Å². The first-order chi connectivity index (χ1) is 14.8. The van der Waals surface area contributed by atoms with Crippen molar-refractivity contribution in [2.75, 3.05) is 0 Å². The van der Waals surface area contributed by atoms with Crippen molar-refractivity contribution in [1.82, 2.24) is 3.97 Å². The fourth-order valence-electron chi connectivity index (χ4n) is 5.10. The molecule has 31 heavy (non-hydrogen) atoms. The molecule has 0 spiro atoms. The van der Waals surface area contributed by atoms with Crippen LogP contribution in [0.2, 0.25) is 0 Å². The van der Waals surface area contributed by atoms with E-state index < -0.39 is 15.6 Å². The first-order valence-electron chi connectivity index (χ1n) is 10.6. The van der Waals surface area contributed by atoms with Crippen LogP contribution in [-0.4, -0.2) is 23.8 Å². The first-order valence-corrected chi connectivity index (χ1v) is 12.0. The number of carbonyl (C=O) groups excluding carboxylic acids is 1. The normalized spacial score (nSPS) is 23.2. The maximum atomic E-state index is 13.8. The van der Waals surface area contributed by atoms with Gasteiger partial charge in [0.05, 0.1) is 28.3 Å². The van der Waals surface area contributed by atoms with Crippen LogP contribution in [0.25, 0.3) is 10.9 Å². The molecule has 5 rings (SSSR count). The predicted molar refractivity (Wildman–Crippen MR) is 120 cm³/mol. The van der Waals surface area contributed by atoms with Crippen molar-refractivity contribution >= 4 is 26.7 Å². The minimum atomic E-state index is -3.84. The van der Waals surface area contributed by atoms with Gasteiger partial charge in [-0.2, -0.15) is 0 Å². The molecule has 2 heterocycles. The Morgan fingerprint density at radius 3 is 2.52 bits per heavy atom. The molecule has 0 N–H and O–H groups in total. The van der Waals surface area contributed by atoms with Crippen LogP contribution in [0.4, 0.5) is 0 Å². The predicted octanol–water partition coefficient (Wildman–Crippen LogP) is 4.72. The lowest BCUT2D eigenvalue weighted by molar-refractivity contribution is -0.124. The number of fused-ring (bicyclic) bond motifs is 5. The zero-order valence-electron chi connectivity index (χ0n) is 17.8. The Kier molecular flexibility index (Phi) is 4.50. The second-order valence-electron chi connectivity index (χ2n) is 8.81. The zero-order chi connectivity index (χ0) is 22.0. The van der Waals surface area contributed by atoms with Gasteiger partial charge in [0.15, 0.2) is 5.78 Å². The van der Waals surface area contributed by atoms with Gasteiger partial charge >= 0.3 is 0 Å². The number of hydrogen-bond donors (Lipinski definition) is 0. The van der Waals surface area contributed by atoms with Gasteiger partial charge in [0, 0.05) is 17.7 Å². The highest BCUT2D eigenvalue weighted by Crippen LogP contribution is 2.51. The van der Waals surface area contributed by atoms with Gasteiger partial charge in [0.2, 0.25) is 0 Å². The summed E-state index contributed by atoms with van der Waals surface area (Å²) >= 11 is 0. The van der Waals surface area contributed by atoms with Crippen molar-refractivity contribution in [3.63, 3.8) is 0 Å². The summed E-state index contributed by atoms with van der Waals surface area (Å²) in [5.41, 5.74) is 2.54. The number of aryl methyl sites for hydroxylation is 1. The van der Waals surface area contributed by atoms with Gasteiger partial charge in [0.1, 0.15) is 0 Å². The molecule has 0 saturated heterocycles. The van der Waals surface area contributed by atoms with Gasteiger partial charge in [-0.05, 0) is 48.8 Å². The highest BCUT2D eigenvalue weighted by molar-refractivity contribution is 7.90. The van der Waals surface area contributed by atoms with Crippen LogP contribution in [0, 0.1) is 12.8 Å². The molecule has 5 nitrogen and oxygen atoms in total. The number of para-hydroxylation sites is 1. The third-order valence-electron chi connectivity index (χ3n) is 6.72. The van der Waals surface area contributed by atoms with Gasteiger partial charge in [-0.15, -0.1) is 0 Å². The van der Waals surface area contributed by atoms with Crippen LogP contribution in [0.15, 0.2) is 65.6 Å². The van der Waals surface area contributed by atoms with Crippen LogP contribution in [0.1, 0.15) is 43.0 Å². The van der Waals surface area contributed by atoms with Crippen molar-refractivity contribution in [2.45, 2.75) is 50.2 Å². The van der Waals surface area contributed by atoms with E-state index >= 15 is 0 Å². The first kappa shape index (κ1) is 20.2. The van der Waals surface area contributed by atoms with E-state index in [1.165, 1.54) is 3.97 Å². The smallest absolute Gasteiger partial charge is 0.268 e. The van der Waals surface area contributed by atoms with E-state index in [1.807, 2.05) is 37.3 Å². The number of carbonyl (C=O) groups is 1. The van der Waals surface area contributed by atoms with Gasteiger partial charge in [0.25, 0.3) is 10.0 Å². The number of aromatic nitrogens is 1. The number of ketones is 1. The van der Waals surface area contributed by atoms with Gasteiger partial charge in [-0.3, -0.25) is 4.79 Å². The fraction of sp³-hybridized carbons (Fsp3) is 0.320. The number of benzene rings is 2. The van der Waals surface area contributed by atoms with Crippen molar-refractivity contribution in [3.8, 4) is 0 Å². The summed E-state index contributed by atoms with van der Waals surface area (Å²) < 4.78 is 35.3. The van der Waals surface area contributed by atoms with Gasteiger partial charge in [-0.25, -0.2) is 12.4 Å². The molecule has 0 unspecified atom stereocenters. The monoisotopic (exact) mass is 435 g/mol. The Hall–Kier alpha value is -2.70. The standard InChI is InChI=1S/C25H25NO4S/c1-16(2)25-13-12-18(27)14-21(25)24-20-6-4-5-7-22(20)26(23(24)15-30-25)31(28,29)19-10-8-17(3)9-11-19/h4-13,16,21H,14-15H2,1-3H3/t21-,25+/m1/s1. The summed E-state index contributed by atoms with van der Waals surface area (Å²) in [7, 11) is -3.84. The van der Waals surface area contributed by atoms with Gasteiger partial charge in [-0.1, -0.05) is 49.7 Å². The van der Waals surface area contributed by atoms with Crippen LogP contribution in [0.5, 0.6) is 0 Å². The lowest BCUT2D eigenvalue weighted by atomic mass is 9.68. The molecule has 0 amide bonds. The molecule has 3 aromatic rings. The van der Waals surface area contributed by atoms with Crippen molar-refractivity contribution in [3.05, 3.63) is 77.5 Å². The SMILES string of the molecule is Cc1ccc(S(=O)(=O)n2c3c(c4ccccc42)[C@H]2CC(=O)C=C[C@@]2(C(C)C)OC3)cc1. The molecule has 0 saturated carbocycles. The maximum Gasteiger partial charge on any atom is 0.268 e. The van der Waals surface area contributed by atoms with E-state index in [9.17, 15) is 13.2 Å².